The lowest BCUT2D eigenvalue weighted by Gasteiger charge is -2.02. The van der Waals surface area contributed by atoms with E-state index in [0.717, 1.165) is 16.7 Å². The lowest BCUT2D eigenvalue weighted by atomic mass is 10.1. The molecule has 90 valence electrons. The number of carboxylic acids is 1. The Hall–Kier alpha value is -1.97. The summed E-state index contributed by atoms with van der Waals surface area (Å²) < 4.78 is 10.9. The van der Waals surface area contributed by atoms with Gasteiger partial charge in [0.1, 0.15) is 17.1 Å². The molecule has 0 aliphatic rings. The molecule has 4 heteroatoms. The van der Waals surface area contributed by atoms with Crippen LogP contribution < -0.4 is 4.74 Å². The molecule has 1 N–H and O–H groups in total. The summed E-state index contributed by atoms with van der Waals surface area (Å²) in [6.07, 6.45) is 0.0577. The molecule has 1 aromatic carbocycles. The van der Waals surface area contributed by atoms with Crippen molar-refractivity contribution < 1.29 is 19.1 Å². The second-order valence-electron chi connectivity index (χ2n) is 4.02. The van der Waals surface area contributed by atoms with Crippen LogP contribution in [-0.4, -0.2) is 18.2 Å². The molecule has 1 unspecified atom stereocenters. The van der Waals surface area contributed by atoms with Crippen molar-refractivity contribution >= 4 is 16.9 Å². The van der Waals surface area contributed by atoms with E-state index in [1.165, 1.54) is 0 Å². The minimum atomic E-state index is -0.829. The van der Waals surface area contributed by atoms with Crippen molar-refractivity contribution in [3.8, 4) is 5.75 Å². The first-order chi connectivity index (χ1) is 8.11. The lowest BCUT2D eigenvalue weighted by Crippen LogP contribution is -2.01. The fraction of sp³-hybridized carbons (Fsp3) is 0.308. The maximum absolute atomic E-state index is 10.7. The minimum Gasteiger partial charge on any atom is -0.496 e. The molecule has 1 atom stereocenters. The zero-order chi connectivity index (χ0) is 12.4. The largest absolute Gasteiger partial charge is 0.496 e. The molecular weight excluding hydrogens is 220 g/mol. The molecule has 2 aromatic rings. The first-order valence-corrected chi connectivity index (χ1v) is 5.40. The molecule has 0 spiro atoms. The number of fused-ring (bicyclic) bond motifs is 1. The van der Waals surface area contributed by atoms with E-state index in [2.05, 4.69) is 0 Å². The molecule has 0 aliphatic heterocycles. The maximum Gasteiger partial charge on any atom is 0.304 e. The summed E-state index contributed by atoms with van der Waals surface area (Å²) in [5.74, 6) is 0.432. The topological polar surface area (TPSA) is 59.7 Å². The van der Waals surface area contributed by atoms with Crippen molar-refractivity contribution in [2.24, 2.45) is 0 Å². The number of hydrogen-bond donors (Lipinski definition) is 1. The summed E-state index contributed by atoms with van der Waals surface area (Å²) in [7, 11) is 1.60. The Kier molecular flexibility index (Phi) is 3.04. The van der Waals surface area contributed by atoms with Crippen LogP contribution in [0.1, 0.15) is 25.0 Å². The van der Waals surface area contributed by atoms with Crippen molar-refractivity contribution in [2.45, 2.75) is 19.3 Å². The fourth-order valence-corrected chi connectivity index (χ4v) is 1.84. The first-order valence-electron chi connectivity index (χ1n) is 5.40. The lowest BCUT2D eigenvalue weighted by molar-refractivity contribution is -0.137. The van der Waals surface area contributed by atoms with E-state index in [4.69, 9.17) is 14.3 Å². The predicted molar refractivity (Wildman–Crippen MR) is 63.4 cm³/mol. The van der Waals surface area contributed by atoms with E-state index < -0.39 is 5.97 Å². The molecule has 2 rings (SSSR count). The van der Waals surface area contributed by atoms with Crippen molar-refractivity contribution in [3.05, 3.63) is 30.0 Å². The first kappa shape index (κ1) is 11.5. The Balaban J connectivity index is 2.40. The molecule has 4 nitrogen and oxygen atoms in total. The van der Waals surface area contributed by atoms with Crippen molar-refractivity contribution in [3.63, 3.8) is 0 Å². The number of rotatable bonds is 4. The Bertz CT molecular complexity index is 541. The van der Waals surface area contributed by atoms with Crippen LogP contribution >= 0.6 is 0 Å². The second kappa shape index (κ2) is 4.49. The summed E-state index contributed by atoms with van der Waals surface area (Å²) in [5, 5.41) is 9.63. The molecule has 17 heavy (non-hydrogen) atoms. The normalized spacial score (nSPS) is 12.6. The molecule has 1 heterocycles. The SMILES string of the molecule is COc1cccc2oc(C(C)CC(=O)O)cc12. The highest BCUT2D eigenvalue weighted by molar-refractivity contribution is 5.84. The van der Waals surface area contributed by atoms with Crippen molar-refractivity contribution in [2.75, 3.05) is 7.11 Å². The van der Waals surface area contributed by atoms with Crippen LogP contribution in [-0.2, 0) is 4.79 Å². The Morgan fingerprint density at radius 1 is 1.53 bits per heavy atom. The average molecular weight is 234 g/mol. The van der Waals surface area contributed by atoms with Gasteiger partial charge in [0.15, 0.2) is 0 Å². The molecule has 0 saturated carbocycles. The number of carboxylic acid groups (broad SMARTS) is 1. The quantitative estimate of drug-likeness (QED) is 0.883. The maximum atomic E-state index is 10.7. The van der Waals surface area contributed by atoms with Gasteiger partial charge in [-0.15, -0.1) is 0 Å². The van der Waals surface area contributed by atoms with Crippen molar-refractivity contribution in [1.82, 2.24) is 0 Å². The predicted octanol–water partition coefficient (Wildman–Crippen LogP) is 3.02. The summed E-state index contributed by atoms with van der Waals surface area (Å²) in [5.41, 5.74) is 0.719. The smallest absolute Gasteiger partial charge is 0.304 e. The number of benzene rings is 1. The van der Waals surface area contributed by atoms with Gasteiger partial charge in [0.2, 0.25) is 0 Å². The van der Waals surface area contributed by atoms with Crippen LogP contribution in [0.5, 0.6) is 5.75 Å². The molecule has 0 saturated heterocycles. The standard InChI is InChI=1S/C13H14O4/c1-8(6-13(14)15)12-7-9-10(16-2)4-3-5-11(9)17-12/h3-5,7-8H,6H2,1-2H3,(H,14,15). The van der Waals surface area contributed by atoms with Crippen molar-refractivity contribution in [1.29, 1.82) is 0 Å². The zero-order valence-electron chi connectivity index (χ0n) is 9.77. The summed E-state index contributed by atoms with van der Waals surface area (Å²) >= 11 is 0. The Morgan fingerprint density at radius 2 is 2.29 bits per heavy atom. The van der Waals surface area contributed by atoms with E-state index in [-0.39, 0.29) is 12.3 Å². The number of hydrogen-bond acceptors (Lipinski definition) is 3. The van der Waals surface area contributed by atoms with Gasteiger partial charge in [-0.05, 0) is 18.2 Å². The Labute approximate surface area is 98.8 Å². The number of furan rings is 1. The summed E-state index contributed by atoms with van der Waals surface area (Å²) in [6.45, 7) is 1.83. The van der Waals surface area contributed by atoms with Gasteiger partial charge in [-0.25, -0.2) is 0 Å². The van der Waals surface area contributed by atoms with Gasteiger partial charge in [0.25, 0.3) is 0 Å². The van der Waals surface area contributed by atoms with Gasteiger partial charge >= 0.3 is 5.97 Å². The van der Waals surface area contributed by atoms with Crippen LogP contribution in [0.3, 0.4) is 0 Å². The van der Waals surface area contributed by atoms with E-state index in [1.807, 2.05) is 31.2 Å². The highest BCUT2D eigenvalue weighted by atomic mass is 16.5. The van der Waals surface area contributed by atoms with E-state index in [1.54, 1.807) is 7.11 Å². The molecule has 0 radical (unpaired) electrons. The number of carbonyl (C=O) groups is 1. The van der Waals surface area contributed by atoms with E-state index in [0.29, 0.717) is 5.76 Å². The van der Waals surface area contributed by atoms with Gasteiger partial charge < -0.3 is 14.3 Å². The van der Waals surface area contributed by atoms with Crippen LogP contribution in [0.4, 0.5) is 0 Å². The van der Waals surface area contributed by atoms with Crippen LogP contribution in [0, 0.1) is 0 Å². The average Bonchev–Trinajstić information content (AvgIpc) is 2.71. The molecule has 0 amide bonds. The van der Waals surface area contributed by atoms with Gasteiger partial charge in [0.05, 0.1) is 18.9 Å². The third-order valence-corrected chi connectivity index (χ3v) is 2.73. The molecule has 0 bridgehead atoms. The minimum absolute atomic E-state index is 0.0577. The van der Waals surface area contributed by atoms with Crippen LogP contribution in [0.15, 0.2) is 28.7 Å². The van der Waals surface area contributed by atoms with Gasteiger partial charge in [-0.3, -0.25) is 4.79 Å². The second-order valence-corrected chi connectivity index (χ2v) is 4.02. The molecular formula is C13H14O4. The van der Waals surface area contributed by atoms with E-state index in [9.17, 15) is 4.79 Å². The molecule has 0 fully saturated rings. The number of aliphatic carboxylic acids is 1. The zero-order valence-corrected chi connectivity index (χ0v) is 9.77. The summed E-state index contributed by atoms with van der Waals surface area (Å²) in [4.78, 5) is 10.7. The van der Waals surface area contributed by atoms with E-state index >= 15 is 0 Å². The Morgan fingerprint density at radius 3 is 2.94 bits per heavy atom. The highest BCUT2D eigenvalue weighted by Gasteiger charge is 2.16. The summed E-state index contributed by atoms with van der Waals surface area (Å²) in [6, 6.07) is 7.39. The highest BCUT2D eigenvalue weighted by Crippen LogP contribution is 2.32. The number of methoxy groups -OCH3 is 1. The van der Waals surface area contributed by atoms with Gasteiger partial charge in [0, 0.05) is 5.92 Å². The third kappa shape index (κ3) is 2.25. The van der Waals surface area contributed by atoms with Gasteiger partial charge in [-0.2, -0.15) is 0 Å². The number of ether oxygens (including phenoxy) is 1. The van der Waals surface area contributed by atoms with Gasteiger partial charge in [-0.1, -0.05) is 13.0 Å². The molecule has 1 aromatic heterocycles. The van der Waals surface area contributed by atoms with Crippen LogP contribution in [0.2, 0.25) is 0 Å². The monoisotopic (exact) mass is 234 g/mol. The molecule has 0 aliphatic carbocycles. The fourth-order valence-electron chi connectivity index (χ4n) is 1.84. The van der Waals surface area contributed by atoms with Crippen LogP contribution in [0.25, 0.3) is 11.0 Å². The third-order valence-electron chi connectivity index (χ3n) is 2.73.